The first-order valence-corrected chi connectivity index (χ1v) is 10.5. The Labute approximate surface area is 188 Å². The Morgan fingerprint density at radius 3 is 1.28 bits per heavy atom. The Hall–Kier alpha value is -4.05. The fraction of sp³-hybridized carbons (Fsp3) is 0.107. The van der Waals surface area contributed by atoms with Crippen LogP contribution in [0.25, 0.3) is 0 Å². The van der Waals surface area contributed by atoms with Gasteiger partial charge in [-0.2, -0.15) is 0 Å². The van der Waals surface area contributed by atoms with Gasteiger partial charge in [0.2, 0.25) is 0 Å². The van der Waals surface area contributed by atoms with E-state index in [1.165, 1.54) is 0 Å². The second-order valence-corrected chi connectivity index (χ2v) is 7.27. The van der Waals surface area contributed by atoms with Gasteiger partial charge in [-0.3, -0.25) is 4.79 Å². The van der Waals surface area contributed by atoms with E-state index in [1.807, 2.05) is 91.0 Å². The van der Waals surface area contributed by atoms with Crippen molar-refractivity contribution in [1.29, 1.82) is 0 Å². The summed E-state index contributed by atoms with van der Waals surface area (Å²) in [6.45, 7) is 1.07. The largest absolute Gasteiger partial charge is 0.489 e. The number of benzene rings is 4. The van der Waals surface area contributed by atoms with E-state index >= 15 is 0 Å². The summed E-state index contributed by atoms with van der Waals surface area (Å²) in [6, 6.07) is 33.0. The van der Waals surface area contributed by atoms with Crippen LogP contribution in [0.1, 0.15) is 27.0 Å². The molecule has 0 saturated heterocycles. The summed E-state index contributed by atoms with van der Waals surface area (Å²) in [5.74, 6) is 1.43. The predicted molar refractivity (Wildman–Crippen MR) is 124 cm³/mol. The van der Waals surface area contributed by atoms with Gasteiger partial charge >= 0.3 is 0 Å². The first-order chi connectivity index (χ1) is 15.8. The molecule has 4 aromatic carbocycles. The highest BCUT2D eigenvalue weighted by Gasteiger charge is 2.15. The summed E-state index contributed by atoms with van der Waals surface area (Å²) >= 11 is 0. The summed E-state index contributed by atoms with van der Waals surface area (Å²) in [6.07, 6.45) is 0.766. The molecule has 0 aromatic heterocycles. The van der Waals surface area contributed by atoms with Crippen LogP contribution in [0, 0.1) is 0 Å². The van der Waals surface area contributed by atoms with Crippen LogP contribution in [0.2, 0.25) is 0 Å². The second kappa shape index (κ2) is 10.8. The minimum absolute atomic E-state index is 0.335. The number of hydrogen-bond donors (Lipinski definition) is 0. The molecule has 0 heterocycles. The summed E-state index contributed by atoms with van der Waals surface area (Å²) in [7, 11) is 0. The Kier molecular flexibility index (Phi) is 7.17. The molecule has 0 aliphatic heterocycles. The Bertz CT molecular complexity index is 1060. The lowest BCUT2D eigenvalue weighted by Crippen LogP contribution is -2.04. The third kappa shape index (κ3) is 5.76. The van der Waals surface area contributed by atoms with E-state index < -0.39 is 0 Å². The van der Waals surface area contributed by atoms with Crippen molar-refractivity contribution in [3.05, 3.63) is 125 Å². The molecule has 4 heteroatoms. The zero-order valence-electron chi connectivity index (χ0n) is 17.6. The van der Waals surface area contributed by atoms with Gasteiger partial charge in [0.05, 0.1) is 5.56 Å². The minimum Gasteiger partial charge on any atom is -0.489 e. The lowest BCUT2D eigenvalue weighted by Gasteiger charge is -2.16. The molecule has 0 N–H and O–H groups in total. The molecular formula is C28H24O4. The standard InChI is InChI=1S/C28H24O4/c29-18-26-27(31-20-23-12-6-2-7-13-23)16-25(30-19-22-10-4-1-5-11-22)17-28(26)32-21-24-14-8-3-9-15-24/h1-18H,19-21H2. The van der Waals surface area contributed by atoms with Crippen molar-refractivity contribution >= 4 is 6.29 Å². The number of rotatable bonds is 10. The van der Waals surface area contributed by atoms with Crippen LogP contribution in [0.4, 0.5) is 0 Å². The van der Waals surface area contributed by atoms with E-state index in [4.69, 9.17) is 14.2 Å². The molecule has 160 valence electrons. The van der Waals surface area contributed by atoms with E-state index in [0.29, 0.717) is 42.6 Å². The highest BCUT2D eigenvalue weighted by atomic mass is 16.5. The van der Waals surface area contributed by atoms with Crippen LogP contribution in [0.15, 0.2) is 103 Å². The molecule has 0 amide bonds. The van der Waals surface area contributed by atoms with Crippen LogP contribution in [-0.4, -0.2) is 6.29 Å². The SMILES string of the molecule is O=Cc1c(OCc2ccccc2)cc(OCc2ccccc2)cc1OCc1ccccc1. The average molecular weight is 424 g/mol. The van der Waals surface area contributed by atoms with Crippen LogP contribution >= 0.6 is 0 Å². The molecule has 0 atom stereocenters. The topological polar surface area (TPSA) is 44.8 Å². The van der Waals surface area contributed by atoms with Crippen molar-refractivity contribution < 1.29 is 19.0 Å². The van der Waals surface area contributed by atoms with Crippen molar-refractivity contribution in [2.75, 3.05) is 0 Å². The van der Waals surface area contributed by atoms with Gasteiger partial charge in [-0.25, -0.2) is 0 Å². The maximum atomic E-state index is 12.0. The van der Waals surface area contributed by atoms with Gasteiger partial charge in [0.25, 0.3) is 0 Å². The third-order valence-electron chi connectivity index (χ3n) is 4.92. The molecule has 4 nitrogen and oxygen atoms in total. The molecule has 0 radical (unpaired) electrons. The Morgan fingerprint density at radius 1 is 0.531 bits per heavy atom. The average Bonchev–Trinajstić information content (AvgIpc) is 2.86. The summed E-state index contributed by atoms with van der Waals surface area (Å²) < 4.78 is 18.0. The van der Waals surface area contributed by atoms with Gasteiger partial charge in [0.1, 0.15) is 37.1 Å². The molecule has 0 aliphatic rings. The van der Waals surface area contributed by atoms with Crippen molar-refractivity contribution in [2.45, 2.75) is 19.8 Å². The molecule has 0 spiro atoms. The quantitative estimate of drug-likeness (QED) is 0.283. The van der Waals surface area contributed by atoms with Gasteiger partial charge < -0.3 is 14.2 Å². The first-order valence-electron chi connectivity index (χ1n) is 10.5. The van der Waals surface area contributed by atoms with Crippen LogP contribution in [0.5, 0.6) is 17.2 Å². The van der Waals surface area contributed by atoms with Gasteiger partial charge in [-0.15, -0.1) is 0 Å². The fourth-order valence-corrected chi connectivity index (χ4v) is 3.23. The molecule has 4 aromatic rings. The molecular weight excluding hydrogens is 400 g/mol. The lowest BCUT2D eigenvalue weighted by atomic mass is 10.1. The van der Waals surface area contributed by atoms with E-state index in [9.17, 15) is 4.79 Å². The number of carbonyl (C=O) groups is 1. The first kappa shape index (κ1) is 21.2. The Balaban J connectivity index is 1.58. The Morgan fingerprint density at radius 2 is 0.906 bits per heavy atom. The van der Waals surface area contributed by atoms with Crippen LogP contribution in [0.3, 0.4) is 0 Å². The van der Waals surface area contributed by atoms with Gasteiger partial charge in [-0.1, -0.05) is 91.0 Å². The highest BCUT2D eigenvalue weighted by Crippen LogP contribution is 2.34. The van der Waals surface area contributed by atoms with E-state index in [2.05, 4.69) is 0 Å². The monoisotopic (exact) mass is 424 g/mol. The van der Waals surface area contributed by atoms with Gasteiger partial charge in [-0.05, 0) is 16.7 Å². The molecule has 0 aliphatic carbocycles. The molecule has 4 rings (SSSR count). The number of hydrogen-bond acceptors (Lipinski definition) is 4. The maximum Gasteiger partial charge on any atom is 0.157 e. The number of carbonyl (C=O) groups excluding carboxylic acids is 1. The van der Waals surface area contributed by atoms with Gasteiger partial charge in [0, 0.05) is 12.1 Å². The van der Waals surface area contributed by atoms with Crippen LogP contribution in [-0.2, 0) is 19.8 Å². The number of ether oxygens (including phenoxy) is 3. The van der Waals surface area contributed by atoms with E-state index in [0.717, 1.165) is 23.0 Å². The second-order valence-electron chi connectivity index (χ2n) is 7.27. The predicted octanol–water partition coefficient (Wildman–Crippen LogP) is 6.24. The molecule has 0 fully saturated rings. The van der Waals surface area contributed by atoms with Gasteiger partial charge in [0.15, 0.2) is 6.29 Å². The van der Waals surface area contributed by atoms with Crippen molar-refractivity contribution in [3.8, 4) is 17.2 Å². The summed E-state index contributed by atoms with van der Waals surface area (Å²) in [5.41, 5.74) is 3.42. The maximum absolute atomic E-state index is 12.0. The lowest BCUT2D eigenvalue weighted by molar-refractivity contribution is 0.111. The highest BCUT2D eigenvalue weighted by molar-refractivity contribution is 5.84. The molecule has 0 bridgehead atoms. The minimum atomic E-state index is 0.335. The van der Waals surface area contributed by atoms with Crippen molar-refractivity contribution in [3.63, 3.8) is 0 Å². The van der Waals surface area contributed by atoms with Crippen molar-refractivity contribution in [1.82, 2.24) is 0 Å². The molecule has 32 heavy (non-hydrogen) atoms. The molecule has 0 saturated carbocycles. The third-order valence-corrected chi connectivity index (χ3v) is 4.92. The van der Waals surface area contributed by atoms with Crippen LogP contribution < -0.4 is 14.2 Å². The molecule has 0 unspecified atom stereocenters. The van der Waals surface area contributed by atoms with E-state index in [1.54, 1.807) is 12.1 Å². The smallest absolute Gasteiger partial charge is 0.157 e. The number of aldehydes is 1. The van der Waals surface area contributed by atoms with E-state index in [-0.39, 0.29) is 0 Å². The summed E-state index contributed by atoms with van der Waals surface area (Å²) in [4.78, 5) is 12.0. The zero-order valence-corrected chi connectivity index (χ0v) is 17.6. The fourth-order valence-electron chi connectivity index (χ4n) is 3.23. The zero-order chi connectivity index (χ0) is 22.0. The summed E-state index contributed by atoms with van der Waals surface area (Å²) in [5, 5.41) is 0. The normalized spacial score (nSPS) is 10.4. The van der Waals surface area contributed by atoms with Crippen molar-refractivity contribution in [2.24, 2.45) is 0 Å².